The summed E-state index contributed by atoms with van der Waals surface area (Å²) in [5.41, 5.74) is 6.41. The van der Waals surface area contributed by atoms with Crippen molar-refractivity contribution in [3.05, 3.63) is 56.0 Å². The van der Waals surface area contributed by atoms with Crippen molar-refractivity contribution in [3.63, 3.8) is 0 Å². The van der Waals surface area contributed by atoms with Crippen LogP contribution in [-0.4, -0.2) is 11.7 Å². The molecule has 0 aliphatic carbocycles. The summed E-state index contributed by atoms with van der Waals surface area (Å²) in [7, 11) is 0. The first-order valence-electron chi connectivity index (χ1n) is 6.30. The smallest absolute Gasteiger partial charge is 0.250 e. The number of halogens is 3. The lowest BCUT2D eigenvalue weighted by Gasteiger charge is -2.13. The van der Waals surface area contributed by atoms with Crippen LogP contribution in [0.25, 0.3) is 11.1 Å². The van der Waals surface area contributed by atoms with Crippen molar-refractivity contribution >= 4 is 46.5 Å². The van der Waals surface area contributed by atoms with Gasteiger partial charge in [-0.15, -0.1) is 0 Å². The zero-order valence-electron chi connectivity index (χ0n) is 11.8. The maximum atomic E-state index is 11.9. The van der Waals surface area contributed by atoms with Crippen LogP contribution in [0.5, 0.6) is 0 Å². The summed E-state index contributed by atoms with van der Waals surface area (Å²) >= 11 is 18.2. The third kappa shape index (κ3) is 3.32. The highest BCUT2D eigenvalue weighted by Crippen LogP contribution is 2.38. The van der Waals surface area contributed by atoms with Gasteiger partial charge in [0, 0.05) is 11.1 Å². The topological polar surface area (TPSA) is 83.9 Å². The van der Waals surface area contributed by atoms with Crippen LogP contribution in [0.15, 0.2) is 24.3 Å². The number of hydrogen-bond acceptors (Lipinski definition) is 3. The van der Waals surface area contributed by atoms with E-state index >= 15 is 0 Å². The Hall–Kier alpha value is -2.06. The predicted octanol–water partition coefficient (Wildman–Crippen LogP) is 4.49. The molecule has 0 aromatic heterocycles. The number of nitrogens with two attached hydrogens (primary N) is 1. The second-order valence-electron chi connectivity index (χ2n) is 4.73. The lowest BCUT2D eigenvalue weighted by molar-refractivity contribution is 0.0996. The molecule has 0 atom stereocenters. The quantitative estimate of drug-likeness (QED) is 0.811. The van der Waals surface area contributed by atoms with Crippen LogP contribution in [0.3, 0.4) is 0 Å². The monoisotopic (exact) mass is 366 g/mol. The van der Waals surface area contributed by atoms with Gasteiger partial charge in [0.1, 0.15) is 0 Å². The van der Waals surface area contributed by atoms with Crippen molar-refractivity contribution in [2.24, 2.45) is 5.73 Å². The Labute approximate surface area is 147 Å². The average Bonchev–Trinajstić information content (AvgIpc) is 2.49. The zero-order chi connectivity index (χ0) is 17.3. The molecule has 0 aliphatic rings. The van der Waals surface area contributed by atoms with Gasteiger partial charge in [0.2, 0.25) is 5.91 Å². The Morgan fingerprint density at radius 1 is 1.00 bits per heavy atom. The number of Topliss-reactive ketones (excluding diaryl/α,β-unsaturated/α-hetero) is 1. The minimum Gasteiger partial charge on any atom is -0.366 e. The third-order valence-corrected chi connectivity index (χ3v) is 4.33. The minimum atomic E-state index is -0.780. The van der Waals surface area contributed by atoms with Crippen LogP contribution < -0.4 is 5.73 Å². The molecule has 0 saturated heterocycles. The van der Waals surface area contributed by atoms with E-state index in [0.29, 0.717) is 11.1 Å². The Kier molecular flexibility index (Phi) is 4.96. The maximum Gasteiger partial charge on any atom is 0.250 e. The Morgan fingerprint density at radius 2 is 1.61 bits per heavy atom. The normalized spacial score (nSPS) is 10.2. The molecule has 0 fully saturated rings. The number of hydrogen-bond donors (Lipinski definition) is 1. The molecule has 7 heteroatoms. The number of carbonyl (C=O) groups excluding carboxylic acids is 2. The fraction of sp³-hybridized carbons (Fsp3) is 0.0625. The molecule has 0 unspecified atom stereocenters. The van der Waals surface area contributed by atoms with Crippen molar-refractivity contribution in [2.45, 2.75) is 6.92 Å². The van der Waals surface area contributed by atoms with E-state index in [2.05, 4.69) is 0 Å². The number of benzene rings is 2. The number of nitriles is 1. The molecular formula is C16H9Cl3N2O2. The second-order valence-corrected chi connectivity index (χ2v) is 5.92. The molecule has 1 amide bonds. The Bertz CT molecular complexity index is 886. The lowest BCUT2D eigenvalue weighted by Crippen LogP contribution is -2.12. The number of ketones is 1. The molecule has 0 heterocycles. The van der Waals surface area contributed by atoms with E-state index in [-0.39, 0.29) is 37.5 Å². The van der Waals surface area contributed by atoms with Crippen LogP contribution in [0.4, 0.5) is 0 Å². The number of amides is 1. The van der Waals surface area contributed by atoms with Gasteiger partial charge >= 0.3 is 0 Å². The standard InChI is InChI=1S/C16H9Cl3N2O2/c1-7(22)9-4-13(17)14(18)5-10(9)11-2-8(6-20)3-12(15(11)19)16(21)23/h2-5H,1H3,(H2,21,23). The zero-order valence-corrected chi connectivity index (χ0v) is 14.1. The first kappa shape index (κ1) is 17.3. The highest BCUT2D eigenvalue weighted by Gasteiger charge is 2.19. The van der Waals surface area contributed by atoms with Crippen LogP contribution in [-0.2, 0) is 0 Å². The molecular weight excluding hydrogens is 359 g/mol. The second kappa shape index (κ2) is 6.59. The van der Waals surface area contributed by atoms with Gasteiger partial charge in [-0.3, -0.25) is 9.59 Å². The third-order valence-electron chi connectivity index (χ3n) is 3.20. The van der Waals surface area contributed by atoms with E-state index < -0.39 is 5.91 Å². The summed E-state index contributed by atoms with van der Waals surface area (Å²) in [4.78, 5) is 23.4. The molecule has 0 bridgehead atoms. The highest BCUT2D eigenvalue weighted by molar-refractivity contribution is 6.43. The van der Waals surface area contributed by atoms with Gasteiger partial charge in [-0.05, 0) is 36.8 Å². The fourth-order valence-electron chi connectivity index (χ4n) is 2.13. The van der Waals surface area contributed by atoms with Crippen LogP contribution in [0, 0.1) is 11.3 Å². The van der Waals surface area contributed by atoms with E-state index in [4.69, 9.17) is 45.8 Å². The molecule has 2 aromatic rings. The van der Waals surface area contributed by atoms with Crippen LogP contribution in [0.2, 0.25) is 15.1 Å². The van der Waals surface area contributed by atoms with Crippen LogP contribution in [0.1, 0.15) is 33.2 Å². The molecule has 0 spiro atoms. The highest BCUT2D eigenvalue weighted by atomic mass is 35.5. The van der Waals surface area contributed by atoms with E-state index in [1.54, 1.807) is 0 Å². The number of primary amides is 1. The summed E-state index contributed by atoms with van der Waals surface area (Å²) in [6.45, 7) is 1.36. The minimum absolute atomic E-state index is 0.0127. The van der Waals surface area contributed by atoms with Crippen molar-refractivity contribution < 1.29 is 9.59 Å². The molecule has 23 heavy (non-hydrogen) atoms. The largest absolute Gasteiger partial charge is 0.366 e. The van der Waals surface area contributed by atoms with E-state index in [1.165, 1.54) is 31.2 Å². The first-order valence-corrected chi connectivity index (χ1v) is 7.43. The number of rotatable bonds is 3. The van der Waals surface area contributed by atoms with Crippen LogP contribution >= 0.6 is 34.8 Å². The Balaban J connectivity index is 2.89. The Morgan fingerprint density at radius 3 is 2.13 bits per heavy atom. The lowest BCUT2D eigenvalue weighted by atomic mass is 9.94. The molecule has 0 aliphatic heterocycles. The molecule has 4 nitrogen and oxygen atoms in total. The van der Waals surface area contributed by atoms with Gasteiger partial charge in [-0.25, -0.2) is 0 Å². The number of nitrogens with zero attached hydrogens (tertiary/aromatic N) is 1. The molecule has 2 aromatic carbocycles. The van der Waals surface area contributed by atoms with Crippen molar-refractivity contribution in [1.82, 2.24) is 0 Å². The van der Waals surface area contributed by atoms with E-state index in [9.17, 15) is 9.59 Å². The number of carbonyl (C=O) groups is 2. The summed E-state index contributed by atoms with van der Waals surface area (Å²) in [6.07, 6.45) is 0. The van der Waals surface area contributed by atoms with Gasteiger partial charge in [-0.1, -0.05) is 34.8 Å². The molecule has 0 radical (unpaired) electrons. The SMILES string of the molecule is CC(=O)c1cc(Cl)c(Cl)cc1-c1cc(C#N)cc(C(N)=O)c1Cl. The van der Waals surface area contributed by atoms with Crippen molar-refractivity contribution in [1.29, 1.82) is 5.26 Å². The van der Waals surface area contributed by atoms with Gasteiger partial charge in [0.25, 0.3) is 0 Å². The molecule has 2 N–H and O–H groups in total. The molecule has 116 valence electrons. The van der Waals surface area contributed by atoms with Gasteiger partial charge in [-0.2, -0.15) is 5.26 Å². The average molecular weight is 368 g/mol. The first-order chi connectivity index (χ1) is 10.8. The summed E-state index contributed by atoms with van der Waals surface area (Å²) in [5, 5.41) is 9.59. The van der Waals surface area contributed by atoms with Gasteiger partial charge in [0.15, 0.2) is 5.78 Å². The molecule has 2 rings (SSSR count). The molecule has 0 saturated carbocycles. The predicted molar refractivity (Wildman–Crippen MR) is 90.1 cm³/mol. The van der Waals surface area contributed by atoms with Crippen molar-refractivity contribution in [3.8, 4) is 17.2 Å². The summed E-state index contributed by atoms with van der Waals surface area (Å²) in [5.74, 6) is -1.05. The fourth-order valence-corrected chi connectivity index (χ4v) is 2.76. The maximum absolute atomic E-state index is 11.9. The van der Waals surface area contributed by atoms with Gasteiger partial charge in [0.05, 0.1) is 32.3 Å². The van der Waals surface area contributed by atoms with Gasteiger partial charge < -0.3 is 5.73 Å². The van der Waals surface area contributed by atoms with Crippen molar-refractivity contribution in [2.75, 3.05) is 0 Å². The van der Waals surface area contributed by atoms with E-state index in [1.807, 2.05) is 6.07 Å². The summed E-state index contributed by atoms with van der Waals surface area (Å²) < 4.78 is 0. The summed E-state index contributed by atoms with van der Waals surface area (Å²) in [6, 6.07) is 7.56. The van der Waals surface area contributed by atoms with E-state index in [0.717, 1.165) is 0 Å².